The van der Waals surface area contributed by atoms with Crippen molar-refractivity contribution in [2.75, 3.05) is 24.6 Å². The SMILES string of the molecule is CC(=O)NC[C@H]1CN(c2ccc(-n3cc(-c4noc(CCO)n4)cn3)c(F)c2)C(=O)O1. The lowest BCUT2D eigenvalue weighted by atomic mass is 10.2. The smallest absolute Gasteiger partial charge is 0.414 e. The standard InChI is InChI=1S/C19H19FN6O5/c1-11(28)21-8-14-10-25(19(29)30-14)13-2-3-16(15(20)6-13)26-9-12(7-22-26)18-23-17(4-5-27)31-24-18/h2-3,6-7,9,14,27H,4-5,8,10H2,1H3,(H,21,28)/t14-/m0/s1. The van der Waals surface area contributed by atoms with Crippen LogP contribution in [0.15, 0.2) is 35.1 Å². The molecule has 3 heterocycles. The molecule has 2 N–H and O–H groups in total. The third kappa shape index (κ3) is 4.38. The van der Waals surface area contributed by atoms with E-state index in [0.717, 1.165) is 0 Å². The highest BCUT2D eigenvalue weighted by atomic mass is 19.1. The lowest BCUT2D eigenvalue weighted by molar-refractivity contribution is -0.119. The van der Waals surface area contributed by atoms with Gasteiger partial charge in [0.25, 0.3) is 0 Å². The largest absolute Gasteiger partial charge is 0.442 e. The van der Waals surface area contributed by atoms with E-state index in [1.54, 1.807) is 12.3 Å². The first kappa shape index (κ1) is 20.5. The Morgan fingerprint density at radius 3 is 3.00 bits per heavy atom. The molecule has 0 radical (unpaired) electrons. The maximum Gasteiger partial charge on any atom is 0.414 e. The molecule has 1 aliphatic heterocycles. The molecule has 0 aliphatic carbocycles. The summed E-state index contributed by atoms with van der Waals surface area (Å²) in [4.78, 5) is 28.6. The molecule has 0 bridgehead atoms. The number of hydrogen-bond acceptors (Lipinski definition) is 8. The van der Waals surface area contributed by atoms with Gasteiger partial charge >= 0.3 is 6.09 Å². The van der Waals surface area contributed by atoms with E-state index in [9.17, 15) is 14.0 Å². The summed E-state index contributed by atoms with van der Waals surface area (Å²) in [7, 11) is 0. The van der Waals surface area contributed by atoms with E-state index in [1.165, 1.54) is 34.8 Å². The van der Waals surface area contributed by atoms with Gasteiger partial charge in [-0.2, -0.15) is 10.1 Å². The van der Waals surface area contributed by atoms with Crippen LogP contribution in [-0.4, -0.2) is 62.8 Å². The van der Waals surface area contributed by atoms with Crippen LogP contribution in [0, 0.1) is 5.82 Å². The Morgan fingerprint density at radius 1 is 1.42 bits per heavy atom. The van der Waals surface area contributed by atoms with Gasteiger partial charge in [-0.05, 0) is 18.2 Å². The molecule has 2 aromatic heterocycles. The van der Waals surface area contributed by atoms with Gasteiger partial charge in [0.15, 0.2) is 5.82 Å². The number of aliphatic hydroxyl groups excluding tert-OH is 1. The average Bonchev–Trinajstić information content (AvgIpc) is 3.46. The van der Waals surface area contributed by atoms with Crippen LogP contribution in [0.25, 0.3) is 17.1 Å². The van der Waals surface area contributed by atoms with E-state index < -0.39 is 18.0 Å². The minimum atomic E-state index is -0.611. The zero-order chi connectivity index (χ0) is 22.0. The number of halogens is 1. The van der Waals surface area contributed by atoms with E-state index in [-0.39, 0.29) is 49.4 Å². The number of rotatable bonds is 7. The molecule has 1 fully saturated rings. The fourth-order valence-electron chi connectivity index (χ4n) is 3.09. The predicted octanol–water partition coefficient (Wildman–Crippen LogP) is 1.06. The Kier molecular flexibility index (Phi) is 5.62. The number of cyclic esters (lactones) is 1. The number of anilines is 1. The molecule has 1 saturated heterocycles. The number of nitrogens with zero attached hydrogens (tertiary/aromatic N) is 5. The van der Waals surface area contributed by atoms with Gasteiger partial charge in [0.05, 0.1) is 43.6 Å². The topological polar surface area (TPSA) is 136 Å². The van der Waals surface area contributed by atoms with E-state index in [0.29, 0.717) is 11.3 Å². The van der Waals surface area contributed by atoms with Gasteiger partial charge in [0.2, 0.25) is 17.6 Å². The van der Waals surface area contributed by atoms with Crippen LogP contribution < -0.4 is 10.2 Å². The molecule has 31 heavy (non-hydrogen) atoms. The number of aromatic nitrogens is 4. The molecule has 4 rings (SSSR count). The van der Waals surface area contributed by atoms with Crippen molar-refractivity contribution in [3.8, 4) is 17.1 Å². The van der Waals surface area contributed by atoms with Crippen molar-refractivity contribution < 1.29 is 28.3 Å². The zero-order valence-electron chi connectivity index (χ0n) is 16.5. The predicted molar refractivity (Wildman–Crippen MR) is 104 cm³/mol. The first-order valence-corrected chi connectivity index (χ1v) is 9.45. The Labute approximate surface area is 175 Å². The molecular formula is C19H19FN6O5. The fraction of sp³-hybridized carbons (Fsp3) is 0.316. The summed E-state index contributed by atoms with van der Waals surface area (Å²) in [6.07, 6.45) is 2.12. The number of carbonyl (C=O) groups excluding carboxylic acids is 2. The second-order valence-electron chi connectivity index (χ2n) is 6.85. The van der Waals surface area contributed by atoms with Crippen LogP contribution in [0.4, 0.5) is 14.9 Å². The minimum absolute atomic E-state index is 0.114. The fourth-order valence-corrected chi connectivity index (χ4v) is 3.09. The second kappa shape index (κ2) is 8.52. The quantitative estimate of drug-likeness (QED) is 0.568. The van der Waals surface area contributed by atoms with Crippen molar-refractivity contribution >= 4 is 17.7 Å². The molecule has 0 spiro atoms. The minimum Gasteiger partial charge on any atom is -0.442 e. The van der Waals surface area contributed by atoms with Crippen LogP contribution >= 0.6 is 0 Å². The molecule has 2 amide bonds. The molecule has 162 valence electrons. The van der Waals surface area contributed by atoms with Crippen LogP contribution in [0.2, 0.25) is 0 Å². The number of aliphatic hydroxyl groups is 1. The molecule has 12 heteroatoms. The van der Waals surface area contributed by atoms with Gasteiger partial charge in [-0.1, -0.05) is 5.16 Å². The molecule has 0 saturated carbocycles. The van der Waals surface area contributed by atoms with Crippen LogP contribution in [-0.2, 0) is 16.0 Å². The number of nitrogens with one attached hydrogen (secondary N) is 1. The monoisotopic (exact) mass is 430 g/mol. The lowest BCUT2D eigenvalue weighted by Gasteiger charge is -2.14. The van der Waals surface area contributed by atoms with Gasteiger partial charge in [-0.15, -0.1) is 0 Å². The van der Waals surface area contributed by atoms with Crippen LogP contribution in [0.1, 0.15) is 12.8 Å². The third-order valence-corrected chi connectivity index (χ3v) is 4.58. The van der Waals surface area contributed by atoms with Gasteiger partial charge in [0, 0.05) is 13.1 Å². The van der Waals surface area contributed by atoms with Crippen molar-refractivity contribution in [1.82, 2.24) is 25.2 Å². The third-order valence-electron chi connectivity index (χ3n) is 4.58. The summed E-state index contributed by atoms with van der Waals surface area (Å²) in [5.41, 5.74) is 1.01. The Balaban J connectivity index is 1.50. The van der Waals surface area contributed by atoms with Crippen LogP contribution in [0.5, 0.6) is 0 Å². The lowest BCUT2D eigenvalue weighted by Crippen LogP contribution is -2.33. The average molecular weight is 430 g/mol. The van der Waals surface area contributed by atoms with E-state index >= 15 is 0 Å². The maximum absolute atomic E-state index is 14.8. The molecule has 11 nitrogen and oxygen atoms in total. The summed E-state index contributed by atoms with van der Waals surface area (Å²) in [5, 5.41) is 19.5. The molecule has 3 aromatic rings. The van der Waals surface area contributed by atoms with E-state index in [1.807, 2.05) is 0 Å². The number of carbonyl (C=O) groups is 2. The highest BCUT2D eigenvalue weighted by Gasteiger charge is 2.32. The van der Waals surface area contributed by atoms with Gasteiger partial charge in [-0.25, -0.2) is 13.9 Å². The van der Waals surface area contributed by atoms with Crippen molar-refractivity contribution in [1.29, 1.82) is 0 Å². The number of amides is 2. The summed E-state index contributed by atoms with van der Waals surface area (Å²) in [6.45, 7) is 1.63. The first-order chi connectivity index (χ1) is 14.9. The molecule has 1 aliphatic rings. The first-order valence-electron chi connectivity index (χ1n) is 9.45. The van der Waals surface area contributed by atoms with Crippen molar-refractivity contribution in [2.45, 2.75) is 19.4 Å². The second-order valence-corrected chi connectivity index (χ2v) is 6.85. The summed E-state index contributed by atoms with van der Waals surface area (Å²) in [5.74, 6) is -0.264. The zero-order valence-corrected chi connectivity index (χ0v) is 16.5. The van der Waals surface area contributed by atoms with Crippen molar-refractivity contribution in [3.63, 3.8) is 0 Å². The van der Waals surface area contributed by atoms with E-state index in [4.69, 9.17) is 14.4 Å². The summed E-state index contributed by atoms with van der Waals surface area (Å²) in [6, 6.07) is 4.28. The number of hydrogen-bond donors (Lipinski definition) is 2. The van der Waals surface area contributed by atoms with Gasteiger partial charge in [0.1, 0.15) is 11.8 Å². The van der Waals surface area contributed by atoms with Crippen molar-refractivity contribution in [3.05, 3.63) is 42.3 Å². The normalized spacial score (nSPS) is 15.9. The highest BCUT2D eigenvalue weighted by molar-refractivity contribution is 5.90. The van der Waals surface area contributed by atoms with Gasteiger partial charge in [-0.3, -0.25) is 9.69 Å². The molecule has 0 unspecified atom stereocenters. The van der Waals surface area contributed by atoms with Gasteiger partial charge < -0.3 is 19.7 Å². The summed E-state index contributed by atoms with van der Waals surface area (Å²) < 4.78 is 26.3. The van der Waals surface area contributed by atoms with Crippen LogP contribution in [0.3, 0.4) is 0 Å². The number of benzene rings is 1. The Hall–Kier alpha value is -3.80. The van der Waals surface area contributed by atoms with E-state index in [2.05, 4.69) is 20.6 Å². The Morgan fingerprint density at radius 2 is 2.26 bits per heavy atom. The van der Waals surface area contributed by atoms with Crippen molar-refractivity contribution in [2.24, 2.45) is 0 Å². The number of ether oxygens (including phenoxy) is 1. The summed E-state index contributed by atoms with van der Waals surface area (Å²) >= 11 is 0. The molecule has 1 aromatic carbocycles. The highest BCUT2D eigenvalue weighted by Crippen LogP contribution is 2.26. The Bertz CT molecular complexity index is 1110. The maximum atomic E-state index is 14.8. The molecule has 1 atom stereocenters. The molecular weight excluding hydrogens is 411 g/mol.